The number of phenolic OH excluding ortho intramolecular Hbond substituents is 1. The van der Waals surface area contributed by atoms with Gasteiger partial charge >= 0.3 is 0 Å². The zero-order valence-electron chi connectivity index (χ0n) is 10.3. The molecule has 4 N–H and O–H groups in total. The van der Waals surface area contributed by atoms with Gasteiger partial charge in [-0.15, -0.1) is 0 Å². The van der Waals surface area contributed by atoms with E-state index >= 15 is 0 Å². The van der Waals surface area contributed by atoms with E-state index in [1.165, 1.54) is 12.8 Å². The van der Waals surface area contributed by atoms with Crippen molar-refractivity contribution in [1.29, 1.82) is 0 Å². The highest BCUT2D eigenvalue weighted by Crippen LogP contribution is 2.35. The average Bonchev–Trinajstić information content (AvgIpc) is 2.84. The quantitative estimate of drug-likeness (QED) is 0.752. The maximum absolute atomic E-state index is 10.3. The van der Waals surface area contributed by atoms with Gasteiger partial charge in [0.15, 0.2) is 0 Å². The number of nitrogens with two attached hydrogens (primary N) is 1. The third kappa shape index (κ3) is 2.61. The summed E-state index contributed by atoms with van der Waals surface area (Å²) in [5, 5.41) is 20.1. The van der Waals surface area contributed by atoms with Crippen LogP contribution in [0.4, 0.5) is 0 Å². The summed E-state index contributed by atoms with van der Waals surface area (Å²) in [4.78, 5) is 0. The number of aromatic hydroxyl groups is 1. The lowest BCUT2D eigenvalue weighted by Crippen LogP contribution is -2.32. The predicted molar refractivity (Wildman–Crippen MR) is 67.7 cm³/mol. The van der Waals surface area contributed by atoms with Crippen LogP contribution in [0.15, 0.2) is 18.2 Å². The number of benzene rings is 1. The summed E-state index contributed by atoms with van der Waals surface area (Å²) in [6, 6.07) is 4.86. The van der Waals surface area contributed by atoms with Crippen molar-refractivity contribution in [1.82, 2.24) is 0 Å². The molecule has 0 amide bonds. The lowest BCUT2D eigenvalue weighted by molar-refractivity contribution is 0.0836. The van der Waals surface area contributed by atoms with E-state index in [1.807, 2.05) is 19.1 Å². The Morgan fingerprint density at radius 2 is 1.94 bits per heavy atom. The molecule has 0 unspecified atom stereocenters. The van der Waals surface area contributed by atoms with Gasteiger partial charge in [0.25, 0.3) is 0 Å². The fourth-order valence-electron chi connectivity index (χ4n) is 2.72. The van der Waals surface area contributed by atoms with Crippen LogP contribution in [0.5, 0.6) is 5.75 Å². The van der Waals surface area contributed by atoms with Gasteiger partial charge in [-0.2, -0.15) is 0 Å². The number of aryl methyl sites for hydroxylation is 1. The molecule has 0 saturated heterocycles. The summed E-state index contributed by atoms with van der Waals surface area (Å²) in [5.74, 6) is 0.463. The zero-order chi connectivity index (χ0) is 12.4. The molecule has 0 heterocycles. The van der Waals surface area contributed by atoms with Gasteiger partial charge < -0.3 is 15.9 Å². The van der Waals surface area contributed by atoms with Gasteiger partial charge in [-0.05, 0) is 31.7 Å². The van der Waals surface area contributed by atoms with Crippen molar-refractivity contribution in [3.8, 4) is 5.75 Å². The van der Waals surface area contributed by atoms with Crippen molar-refractivity contribution >= 4 is 0 Å². The Bertz CT molecular complexity index is 386. The van der Waals surface area contributed by atoms with E-state index in [0.29, 0.717) is 5.56 Å². The molecule has 1 aliphatic rings. The molecule has 1 saturated carbocycles. The van der Waals surface area contributed by atoms with Crippen molar-refractivity contribution < 1.29 is 10.2 Å². The van der Waals surface area contributed by atoms with Crippen molar-refractivity contribution in [2.45, 2.75) is 44.8 Å². The molecule has 0 bridgehead atoms. The van der Waals surface area contributed by atoms with E-state index in [1.54, 1.807) is 6.07 Å². The van der Waals surface area contributed by atoms with Crippen LogP contribution >= 0.6 is 0 Å². The molecule has 3 heteroatoms. The van der Waals surface area contributed by atoms with Gasteiger partial charge in [-0.3, -0.25) is 0 Å². The molecule has 0 spiro atoms. The maximum atomic E-state index is 10.3. The number of rotatable bonds is 3. The molecule has 2 rings (SSSR count). The number of aliphatic hydroxyl groups excluding tert-OH is 1. The topological polar surface area (TPSA) is 66.5 Å². The molecule has 0 aliphatic heterocycles. The SMILES string of the molecule is Cc1ccc(O)c([C@@H](N)[C@@H](O)C2CCCC2)c1. The van der Waals surface area contributed by atoms with Gasteiger partial charge in [0.1, 0.15) is 5.75 Å². The summed E-state index contributed by atoms with van der Waals surface area (Å²) in [6.45, 7) is 1.96. The van der Waals surface area contributed by atoms with Crippen LogP contribution in [0.3, 0.4) is 0 Å². The second kappa shape index (κ2) is 5.07. The Hall–Kier alpha value is -1.06. The number of aliphatic hydroxyl groups is 1. The smallest absolute Gasteiger partial charge is 0.120 e. The summed E-state index contributed by atoms with van der Waals surface area (Å²) in [6.07, 6.45) is 3.89. The van der Waals surface area contributed by atoms with Crippen LogP contribution in [0.2, 0.25) is 0 Å². The van der Waals surface area contributed by atoms with Crippen molar-refractivity contribution in [3.05, 3.63) is 29.3 Å². The predicted octanol–water partition coefficient (Wildman–Crippen LogP) is 2.25. The van der Waals surface area contributed by atoms with Crippen LogP contribution in [-0.4, -0.2) is 16.3 Å². The summed E-state index contributed by atoms with van der Waals surface area (Å²) >= 11 is 0. The van der Waals surface area contributed by atoms with Crippen molar-refractivity contribution in [3.63, 3.8) is 0 Å². The van der Waals surface area contributed by atoms with Crippen LogP contribution in [0.25, 0.3) is 0 Å². The molecule has 0 radical (unpaired) electrons. The number of hydrogen-bond acceptors (Lipinski definition) is 3. The third-order valence-corrected chi connectivity index (χ3v) is 3.79. The van der Waals surface area contributed by atoms with E-state index in [9.17, 15) is 10.2 Å². The molecular formula is C14H21NO2. The highest BCUT2D eigenvalue weighted by molar-refractivity contribution is 5.38. The molecule has 1 aromatic rings. The Morgan fingerprint density at radius 1 is 1.29 bits per heavy atom. The molecule has 17 heavy (non-hydrogen) atoms. The molecule has 3 nitrogen and oxygen atoms in total. The Morgan fingerprint density at radius 3 is 2.59 bits per heavy atom. The average molecular weight is 235 g/mol. The number of hydrogen-bond donors (Lipinski definition) is 3. The third-order valence-electron chi connectivity index (χ3n) is 3.79. The largest absolute Gasteiger partial charge is 0.508 e. The van der Waals surface area contributed by atoms with Gasteiger partial charge in [0.05, 0.1) is 12.1 Å². The standard InChI is InChI=1S/C14H21NO2/c1-9-6-7-12(16)11(8-9)13(15)14(17)10-4-2-3-5-10/h6-8,10,13-14,16-17H,2-5,15H2,1H3/t13-,14+/m1/s1. The second-order valence-corrected chi connectivity index (χ2v) is 5.12. The minimum Gasteiger partial charge on any atom is -0.508 e. The molecule has 1 fully saturated rings. The molecule has 0 aromatic heterocycles. The fourth-order valence-corrected chi connectivity index (χ4v) is 2.72. The Balaban J connectivity index is 2.17. The van der Waals surface area contributed by atoms with E-state index in [0.717, 1.165) is 18.4 Å². The van der Waals surface area contributed by atoms with Gasteiger partial charge in [-0.1, -0.05) is 30.5 Å². The first-order chi connectivity index (χ1) is 8.09. The van der Waals surface area contributed by atoms with E-state index < -0.39 is 12.1 Å². The highest BCUT2D eigenvalue weighted by Gasteiger charge is 2.29. The first-order valence-electron chi connectivity index (χ1n) is 6.33. The minimum atomic E-state index is -0.551. The van der Waals surface area contributed by atoms with E-state index in [-0.39, 0.29) is 11.7 Å². The van der Waals surface area contributed by atoms with Crippen LogP contribution in [0.1, 0.15) is 42.9 Å². The Kier molecular flexibility index (Phi) is 3.69. The van der Waals surface area contributed by atoms with E-state index in [4.69, 9.17) is 5.73 Å². The molecule has 2 atom stereocenters. The first kappa shape index (κ1) is 12.4. The molecule has 94 valence electrons. The molecule has 1 aromatic carbocycles. The molecule has 1 aliphatic carbocycles. The summed E-state index contributed by atoms with van der Waals surface area (Å²) in [7, 11) is 0. The van der Waals surface area contributed by atoms with Crippen molar-refractivity contribution in [2.24, 2.45) is 11.7 Å². The Labute approximate surface area is 102 Å². The minimum absolute atomic E-state index is 0.181. The highest BCUT2D eigenvalue weighted by atomic mass is 16.3. The van der Waals surface area contributed by atoms with Crippen molar-refractivity contribution in [2.75, 3.05) is 0 Å². The first-order valence-corrected chi connectivity index (χ1v) is 6.33. The fraction of sp³-hybridized carbons (Fsp3) is 0.571. The lowest BCUT2D eigenvalue weighted by atomic mass is 9.90. The monoisotopic (exact) mass is 235 g/mol. The van der Waals surface area contributed by atoms with Gasteiger partial charge in [0, 0.05) is 5.56 Å². The van der Waals surface area contributed by atoms with Crippen LogP contribution < -0.4 is 5.73 Å². The second-order valence-electron chi connectivity index (χ2n) is 5.12. The molecular weight excluding hydrogens is 214 g/mol. The normalized spacial score (nSPS) is 20.4. The zero-order valence-corrected chi connectivity index (χ0v) is 10.3. The van der Waals surface area contributed by atoms with Crippen LogP contribution in [0, 0.1) is 12.8 Å². The van der Waals surface area contributed by atoms with Crippen LogP contribution in [-0.2, 0) is 0 Å². The van der Waals surface area contributed by atoms with Gasteiger partial charge in [-0.25, -0.2) is 0 Å². The summed E-state index contributed by atoms with van der Waals surface area (Å²) < 4.78 is 0. The summed E-state index contributed by atoms with van der Waals surface area (Å²) in [5.41, 5.74) is 7.78. The maximum Gasteiger partial charge on any atom is 0.120 e. The lowest BCUT2D eigenvalue weighted by Gasteiger charge is -2.25. The van der Waals surface area contributed by atoms with E-state index in [2.05, 4.69) is 0 Å². The van der Waals surface area contributed by atoms with Gasteiger partial charge in [0.2, 0.25) is 0 Å². The number of phenols is 1.